The molecule has 0 radical (unpaired) electrons. The van der Waals surface area contributed by atoms with Crippen LogP contribution in [0.4, 0.5) is 11.5 Å². The molecule has 0 unspecified atom stereocenters. The number of aromatic amines is 1. The number of halogens is 2. The molecule has 0 aliphatic carbocycles. The van der Waals surface area contributed by atoms with Gasteiger partial charge in [-0.1, -0.05) is 29.8 Å². The van der Waals surface area contributed by atoms with E-state index in [0.29, 0.717) is 40.6 Å². The Morgan fingerprint density at radius 3 is 2.75 bits per heavy atom. The summed E-state index contributed by atoms with van der Waals surface area (Å²) in [5.41, 5.74) is 3.42. The van der Waals surface area contributed by atoms with Crippen LogP contribution < -0.4 is 10.1 Å². The molecule has 10 heteroatoms. The van der Waals surface area contributed by atoms with E-state index < -0.39 is 0 Å². The summed E-state index contributed by atoms with van der Waals surface area (Å²) >= 11 is 12.4. The molecule has 5 rings (SSSR count). The number of hydrogen-bond acceptors (Lipinski definition) is 6. The Morgan fingerprint density at radius 2 is 2.03 bits per heavy atom. The molecule has 184 valence electrons. The van der Waals surface area contributed by atoms with Gasteiger partial charge in [-0.05, 0) is 60.7 Å². The van der Waals surface area contributed by atoms with Crippen molar-refractivity contribution in [3.63, 3.8) is 0 Å². The first-order chi connectivity index (χ1) is 17.5. The van der Waals surface area contributed by atoms with Crippen LogP contribution in [0.3, 0.4) is 0 Å². The number of fused-ring (bicyclic) bond motifs is 1. The number of rotatable bonds is 7. The fourth-order valence-corrected chi connectivity index (χ4v) is 4.77. The van der Waals surface area contributed by atoms with Crippen molar-refractivity contribution in [2.75, 3.05) is 18.4 Å². The van der Waals surface area contributed by atoms with E-state index in [2.05, 4.69) is 31.8 Å². The van der Waals surface area contributed by atoms with Gasteiger partial charge in [-0.15, -0.1) is 0 Å². The van der Waals surface area contributed by atoms with Crippen LogP contribution in [-0.4, -0.2) is 43.8 Å². The molecule has 2 N–H and O–H groups in total. The van der Waals surface area contributed by atoms with Gasteiger partial charge in [-0.25, -0.2) is 9.97 Å². The standard InChI is InChI=1S/C26H24Cl2N6O2/c1-2-23(35)34-9-7-16(8-10-34)20-13-30-25-24(20)26(32-15-31-25)33-18-5-6-22(21(28)11-18)36-14-19-4-3-17(27)12-29-19/h2-6,11-13,15-16H,1,7-10,14H2,(H2,30,31,32,33). The van der Waals surface area contributed by atoms with Crippen LogP contribution in [0.25, 0.3) is 11.0 Å². The van der Waals surface area contributed by atoms with Crippen molar-refractivity contribution in [1.82, 2.24) is 24.8 Å². The summed E-state index contributed by atoms with van der Waals surface area (Å²) in [6.07, 6.45) is 8.19. The lowest BCUT2D eigenvalue weighted by Gasteiger charge is -2.31. The summed E-state index contributed by atoms with van der Waals surface area (Å²) in [5.74, 6) is 1.51. The molecule has 0 saturated carbocycles. The minimum absolute atomic E-state index is 0.0215. The van der Waals surface area contributed by atoms with Crippen LogP contribution in [0.1, 0.15) is 30.0 Å². The summed E-state index contributed by atoms with van der Waals surface area (Å²) < 4.78 is 5.83. The van der Waals surface area contributed by atoms with Crippen LogP contribution in [0, 0.1) is 0 Å². The monoisotopic (exact) mass is 522 g/mol. The molecule has 0 bridgehead atoms. The van der Waals surface area contributed by atoms with Gasteiger partial charge in [0.1, 0.15) is 30.1 Å². The lowest BCUT2D eigenvalue weighted by Crippen LogP contribution is -2.36. The van der Waals surface area contributed by atoms with Gasteiger partial charge in [0.25, 0.3) is 0 Å². The number of carbonyl (C=O) groups is 1. The van der Waals surface area contributed by atoms with E-state index in [-0.39, 0.29) is 12.5 Å². The number of amides is 1. The molecule has 1 fully saturated rings. The smallest absolute Gasteiger partial charge is 0.245 e. The Labute approximate surface area is 218 Å². The second-order valence-electron chi connectivity index (χ2n) is 8.52. The van der Waals surface area contributed by atoms with Crippen LogP contribution in [0.2, 0.25) is 10.0 Å². The zero-order valence-corrected chi connectivity index (χ0v) is 20.9. The molecular weight excluding hydrogens is 499 g/mol. The third-order valence-electron chi connectivity index (χ3n) is 6.28. The average molecular weight is 523 g/mol. The van der Waals surface area contributed by atoms with Crippen molar-refractivity contribution < 1.29 is 9.53 Å². The average Bonchev–Trinajstić information content (AvgIpc) is 3.34. The van der Waals surface area contributed by atoms with Gasteiger partial charge in [-0.2, -0.15) is 0 Å². The molecule has 0 spiro atoms. The number of likely N-dealkylation sites (tertiary alicyclic amines) is 1. The minimum Gasteiger partial charge on any atom is -0.486 e. The summed E-state index contributed by atoms with van der Waals surface area (Å²) in [7, 11) is 0. The fraction of sp³-hybridized carbons (Fsp3) is 0.231. The number of H-pyrrole nitrogens is 1. The van der Waals surface area contributed by atoms with Crippen molar-refractivity contribution in [2.24, 2.45) is 0 Å². The van der Waals surface area contributed by atoms with Gasteiger partial charge in [-0.3, -0.25) is 9.78 Å². The third kappa shape index (κ3) is 5.15. The number of nitrogens with one attached hydrogen (secondary N) is 2. The van der Waals surface area contributed by atoms with Crippen LogP contribution in [0.15, 0.2) is 61.7 Å². The number of hydrogen-bond donors (Lipinski definition) is 2. The van der Waals surface area contributed by atoms with Crippen molar-refractivity contribution >= 4 is 51.6 Å². The number of aromatic nitrogens is 4. The van der Waals surface area contributed by atoms with Gasteiger partial charge in [0.2, 0.25) is 5.91 Å². The summed E-state index contributed by atoms with van der Waals surface area (Å²) in [6.45, 7) is 5.26. The SMILES string of the molecule is C=CC(=O)N1CCC(c2c[nH]c3ncnc(Nc4ccc(OCc5ccc(Cl)cn5)c(Cl)c4)c23)CC1. The van der Waals surface area contributed by atoms with E-state index in [1.54, 1.807) is 18.3 Å². The van der Waals surface area contributed by atoms with Gasteiger partial charge in [0, 0.05) is 31.2 Å². The van der Waals surface area contributed by atoms with Gasteiger partial charge < -0.3 is 19.9 Å². The summed E-state index contributed by atoms with van der Waals surface area (Å²) in [5, 5.41) is 5.36. The van der Waals surface area contributed by atoms with E-state index in [1.165, 1.54) is 12.4 Å². The molecule has 36 heavy (non-hydrogen) atoms. The molecule has 3 aromatic heterocycles. The number of benzene rings is 1. The zero-order valence-electron chi connectivity index (χ0n) is 19.4. The molecule has 1 amide bonds. The Bertz CT molecular complexity index is 1400. The maximum absolute atomic E-state index is 12.0. The molecule has 1 saturated heterocycles. The van der Waals surface area contributed by atoms with E-state index in [4.69, 9.17) is 27.9 Å². The first-order valence-corrected chi connectivity index (χ1v) is 12.3. The lowest BCUT2D eigenvalue weighted by atomic mass is 9.89. The zero-order chi connectivity index (χ0) is 25.1. The highest BCUT2D eigenvalue weighted by molar-refractivity contribution is 6.32. The molecular formula is C26H24Cl2N6O2. The number of nitrogens with zero attached hydrogens (tertiary/aromatic N) is 4. The molecule has 4 aromatic rings. The highest BCUT2D eigenvalue weighted by Gasteiger charge is 2.26. The van der Waals surface area contributed by atoms with E-state index in [0.717, 1.165) is 40.8 Å². The van der Waals surface area contributed by atoms with Crippen LogP contribution >= 0.6 is 23.2 Å². The molecule has 8 nitrogen and oxygen atoms in total. The first-order valence-electron chi connectivity index (χ1n) is 11.5. The third-order valence-corrected chi connectivity index (χ3v) is 6.80. The quantitative estimate of drug-likeness (QED) is 0.294. The largest absolute Gasteiger partial charge is 0.486 e. The molecule has 1 aliphatic rings. The summed E-state index contributed by atoms with van der Waals surface area (Å²) in [6, 6.07) is 9.07. The molecule has 0 atom stereocenters. The molecule has 1 aliphatic heterocycles. The maximum atomic E-state index is 12.0. The van der Waals surface area contributed by atoms with Gasteiger partial charge in [0.15, 0.2) is 0 Å². The summed E-state index contributed by atoms with van der Waals surface area (Å²) in [4.78, 5) is 30.2. The van der Waals surface area contributed by atoms with Gasteiger partial charge >= 0.3 is 0 Å². The Hall–Kier alpha value is -3.62. The molecule has 1 aromatic carbocycles. The maximum Gasteiger partial charge on any atom is 0.245 e. The second kappa shape index (κ2) is 10.6. The minimum atomic E-state index is -0.0215. The predicted molar refractivity (Wildman–Crippen MR) is 141 cm³/mol. The van der Waals surface area contributed by atoms with E-state index >= 15 is 0 Å². The normalized spacial score (nSPS) is 14.1. The van der Waals surface area contributed by atoms with Crippen molar-refractivity contribution in [3.8, 4) is 5.75 Å². The highest BCUT2D eigenvalue weighted by atomic mass is 35.5. The first kappa shape index (κ1) is 24.1. The van der Waals surface area contributed by atoms with Crippen molar-refractivity contribution in [3.05, 3.63) is 83.0 Å². The fourth-order valence-electron chi connectivity index (χ4n) is 4.42. The number of ether oxygens (including phenoxy) is 1. The Balaban J connectivity index is 1.32. The van der Waals surface area contributed by atoms with Crippen molar-refractivity contribution in [1.29, 1.82) is 0 Å². The van der Waals surface area contributed by atoms with Gasteiger partial charge in [0.05, 0.1) is 21.1 Å². The Morgan fingerprint density at radius 1 is 1.19 bits per heavy atom. The topological polar surface area (TPSA) is 96.0 Å². The van der Waals surface area contributed by atoms with Crippen LogP contribution in [0.5, 0.6) is 5.75 Å². The van der Waals surface area contributed by atoms with E-state index in [9.17, 15) is 4.79 Å². The van der Waals surface area contributed by atoms with Crippen molar-refractivity contribution in [2.45, 2.75) is 25.4 Å². The number of pyridine rings is 1. The van der Waals surface area contributed by atoms with Crippen LogP contribution in [-0.2, 0) is 11.4 Å². The number of piperidine rings is 1. The lowest BCUT2D eigenvalue weighted by molar-refractivity contribution is -0.127. The van der Waals surface area contributed by atoms with E-state index in [1.807, 2.05) is 29.3 Å². The highest BCUT2D eigenvalue weighted by Crippen LogP contribution is 2.37. The number of carbonyl (C=O) groups excluding carboxylic acids is 1. The Kier molecular flexibility index (Phi) is 7.06. The second-order valence-corrected chi connectivity index (χ2v) is 9.36. The molecule has 4 heterocycles. The number of anilines is 2. The predicted octanol–water partition coefficient (Wildman–Crippen LogP) is 5.87.